The number of ether oxygens (including phenoxy) is 1. The van der Waals surface area contributed by atoms with Gasteiger partial charge >= 0.3 is 12.1 Å². The molecule has 4 aromatic rings. The minimum atomic E-state index is -1.000. The van der Waals surface area contributed by atoms with Gasteiger partial charge < -0.3 is 46.2 Å². The fourth-order valence-corrected chi connectivity index (χ4v) is 9.77. The minimum Gasteiger partial charge on any atom is -0.478 e. The number of anilines is 3. The molecule has 0 bridgehead atoms. The van der Waals surface area contributed by atoms with Crippen LogP contribution in [0.2, 0.25) is 0 Å². The Hall–Kier alpha value is -8.23. The second-order valence-corrected chi connectivity index (χ2v) is 23.3. The van der Waals surface area contributed by atoms with Crippen molar-refractivity contribution in [3.8, 4) is 11.8 Å². The number of hydrogen-bond acceptors (Lipinski definition) is 10. The molecule has 5 rings (SSSR count). The van der Waals surface area contributed by atoms with E-state index in [0.29, 0.717) is 42.0 Å². The van der Waals surface area contributed by atoms with E-state index in [9.17, 15) is 38.7 Å². The lowest BCUT2D eigenvalue weighted by Gasteiger charge is -2.42. The standard InChI is InChI=1S/C65H84N8O9/c1-40(2)53(36-42(5)62(79)80)72(14)44(7)57(64(8,9)10)71-61(78)58(66-13)65(11,12)49-25-21-26-51(37-49)69-63(81)82-39-45-30-34-50(35-31-45)68-59(76)43(6)67-60(77)56(41(3)4)70-54(74)28-19-20-29-55(75)73-38-48-24-16-15-22-46(48)32-33-47-23-17-18-27-52(47)73/h15-18,21-27,30-31,34-37,40-41,43,53,56-58,66H,7,19-20,28-29,38-39H2,1-6,8-14H3,(H,67,77)(H,68,76)(H,69,81)(H,70,74)(H,71,78)(H,79,80)/b42-36+/t43-,53+,56-,57+,58+/m0/s1. The zero-order valence-electron chi connectivity index (χ0n) is 49.9. The molecule has 0 aliphatic carbocycles. The number of unbranched alkanes of at least 4 members (excludes halogenated alkanes) is 1. The monoisotopic (exact) mass is 1120 g/mol. The number of nitrogens with one attached hydrogen (secondary N) is 6. The van der Waals surface area contributed by atoms with Crippen LogP contribution in [0, 0.1) is 29.1 Å². The van der Waals surface area contributed by atoms with E-state index in [1.54, 1.807) is 88.2 Å². The van der Waals surface area contributed by atoms with Crippen molar-refractivity contribution < 1.29 is 43.4 Å². The Labute approximate surface area is 484 Å². The first-order valence-corrected chi connectivity index (χ1v) is 28.0. The molecular weight excluding hydrogens is 1040 g/mol. The summed E-state index contributed by atoms with van der Waals surface area (Å²) in [5.74, 6) is 3.52. The highest BCUT2D eigenvalue weighted by molar-refractivity contribution is 5.98. The SMILES string of the molecule is C=C([C@@H](NC(=O)[C@@H](NC)C(C)(C)c1cccc(NC(=O)OCc2ccc(NC(=O)[C@H](C)NC(=O)[C@@H](NC(=O)CCCCC(=O)N3Cc4ccccc4C#Cc4ccccc43)C(C)C)cc2)c1)C(C)(C)C)N(C)[C@H](/C=C(\C)C(=O)O)C(C)C. The third-order valence-corrected chi connectivity index (χ3v) is 14.8. The molecule has 6 amide bonds. The van der Waals surface area contributed by atoms with Gasteiger partial charge in [0.2, 0.25) is 29.5 Å². The van der Waals surface area contributed by atoms with Crippen LogP contribution < -0.4 is 36.8 Å². The van der Waals surface area contributed by atoms with Gasteiger partial charge in [-0.05, 0) is 110 Å². The van der Waals surface area contributed by atoms with Crippen molar-refractivity contribution in [3.63, 3.8) is 0 Å². The van der Waals surface area contributed by atoms with Crippen LogP contribution in [0.4, 0.5) is 21.9 Å². The number of carbonyl (C=O) groups excluding carboxylic acids is 6. The number of aliphatic carboxylic acids is 1. The zero-order chi connectivity index (χ0) is 60.6. The van der Waals surface area contributed by atoms with Crippen LogP contribution in [0.3, 0.4) is 0 Å². The van der Waals surface area contributed by atoms with E-state index in [2.05, 4.69) is 50.3 Å². The fraction of sp³-hybridized carbons (Fsp3) is 0.431. The average molecular weight is 1120 g/mol. The third kappa shape index (κ3) is 17.6. The van der Waals surface area contributed by atoms with Gasteiger partial charge in [0.15, 0.2) is 0 Å². The average Bonchev–Trinajstić information content (AvgIpc) is 3.54. The molecule has 0 fully saturated rings. The van der Waals surface area contributed by atoms with Crippen LogP contribution in [0.1, 0.15) is 130 Å². The van der Waals surface area contributed by atoms with Crippen LogP contribution in [0.25, 0.3) is 0 Å². The number of carboxylic acid groups (broad SMARTS) is 1. The summed E-state index contributed by atoms with van der Waals surface area (Å²) in [6.07, 6.45) is 2.23. The molecule has 0 saturated heterocycles. The van der Waals surface area contributed by atoms with Crippen LogP contribution in [0.15, 0.2) is 121 Å². The lowest BCUT2D eigenvalue weighted by molar-refractivity contribution is -0.132. The molecule has 1 aliphatic rings. The van der Waals surface area contributed by atoms with E-state index >= 15 is 0 Å². The Balaban J connectivity index is 1.08. The number of amides is 6. The summed E-state index contributed by atoms with van der Waals surface area (Å²) in [5, 5.41) is 27.2. The van der Waals surface area contributed by atoms with Gasteiger partial charge in [-0.1, -0.05) is 141 Å². The predicted octanol–water partition coefficient (Wildman–Crippen LogP) is 9.42. The van der Waals surface area contributed by atoms with Gasteiger partial charge in [0.1, 0.15) is 18.7 Å². The van der Waals surface area contributed by atoms with E-state index in [1.165, 1.54) is 0 Å². The number of nitrogens with zero attached hydrogens (tertiary/aromatic N) is 2. The van der Waals surface area contributed by atoms with Gasteiger partial charge in [-0.15, -0.1) is 0 Å². The Bertz CT molecular complexity index is 3060. The third-order valence-electron chi connectivity index (χ3n) is 14.8. The maximum Gasteiger partial charge on any atom is 0.411 e. The zero-order valence-corrected chi connectivity index (χ0v) is 49.9. The number of carbonyl (C=O) groups is 7. The molecule has 17 nitrogen and oxygen atoms in total. The highest BCUT2D eigenvalue weighted by atomic mass is 16.5. The van der Waals surface area contributed by atoms with Gasteiger partial charge in [-0.2, -0.15) is 0 Å². The van der Waals surface area contributed by atoms with Crippen LogP contribution in [0.5, 0.6) is 0 Å². The van der Waals surface area contributed by atoms with E-state index in [0.717, 1.165) is 27.9 Å². The molecular formula is C65H84N8O9. The van der Waals surface area contributed by atoms with Crippen molar-refractivity contribution in [3.05, 3.63) is 149 Å². The quantitative estimate of drug-likeness (QED) is 0.0188. The first kappa shape index (κ1) is 64.6. The van der Waals surface area contributed by atoms with Crippen LogP contribution in [-0.2, 0) is 52.1 Å². The Morgan fingerprint density at radius 3 is 2.00 bits per heavy atom. The number of hydrogen-bond donors (Lipinski definition) is 7. The summed E-state index contributed by atoms with van der Waals surface area (Å²) in [6.45, 7) is 25.3. The summed E-state index contributed by atoms with van der Waals surface area (Å²) in [7, 11) is 3.57. The summed E-state index contributed by atoms with van der Waals surface area (Å²) in [6, 6.07) is 25.8. The van der Waals surface area contributed by atoms with Crippen molar-refractivity contribution in [1.29, 1.82) is 0 Å². The smallest absolute Gasteiger partial charge is 0.411 e. The van der Waals surface area contributed by atoms with Gasteiger partial charge in [0.25, 0.3) is 0 Å². The number of carboxylic acids is 1. The van der Waals surface area contributed by atoms with Gasteiger partial charge in [0.05, 0.1) is 24.3 Å². The number of fused-ring (bicyclic) bond motifs is 2. The van der Waals surface area contributed by atoms with Crippen LogP contribution >= 0.6 is 0 Å². The lowest BCUT2D eigenvalue weighted by Crippen LogP contribution is -2.58. The molecule has 1 aliphatic heterocycles. The second kappa shape index (κ2) is 29.0. The Morgan fingerprint density at radius 1 is 0.732 bits per heavy atom. The number of benzene rings is 4. The van der Waals surface area contributed by atoms with Crippen molar-refractivity contribution >= 4 is 58.7 Å². The molecule has 4 aromatic carbocycles. The highest BCUT2D eigenvalue weighted by Gasteiger charge is 2.40. The molecule has 82 heavy (non-hydrogen) atoms. The van der Waals surface area contributed by atoms with Gasteiger partial charge in [-0.3, -0.25) is 29.3 Å². The van der Waals surface area contributed by atoms with Crippen molar-refractivity contribution in [2.24, 2.45) is 17.3 Å². The summed E-state index contributed by atoms with van der Waals surface area (Å²) < 4.78 is 5.55. The summed E-state index contributed by atoms with van der Waals surface area (Å²) >= 11 is 0. The molecule has 1 heterocycles. The van der Waals surface area contributed by atoms with E-state index in [-0.39, 0.29) is 60.6 Å². The van der Waals surface area contributed by atoms with Gasteiger partial charge in [-0.25, -0.2) is 9.59 Å². The lowest BCUT2D eigenvalue weighted by atomic mass is 9.76. The molecule has 0 aromatic heterocycles. The fourth-order valence-electron chi connectivity index (χ4n) is 9.77. The normalized spacial score (nSPS) is 14.1. The number of para-hydroxylation sites is 1. The van der Waals surface area contributed by atoms with E-state index in [4.69, 9.17) is 4.74 Å². The van der Waals surface area contributed by atoms with E-state index in [1.807, 2.05) is 115 Å². The summed E-state index contributed by atoms with van der Waals surface area (Å²) in [5.41, 5.74) is 5.24. The summed E-state index contributed by atoms with van der Waals surface area (Å²) in [4.78, 5) is 96.3. The first-order valence-electron chi connectivity index (χ1n) is 28.0. The van der Waals surface area contributed by atoms with Crippen LogP contribution in [-0.4, -0.2) is 95.9 Å². The Kier molecular flexibility index (Phi) is 22.8. The molecule has 5 atom stereocenters. The van der Waals surface area contributed by atoms with Crippen molar-refractivity contribution in [2.75, 3.05) is 29.6 Å². The largest absolute Gasteiger partial charge is 0.478 e. The minimum absolute atomic E-state index is 0.0463. The second-order valence-electron chi connectivity index (χ2n) is 23.3. The number of rotatable bonds is 25. The maximum atomic E-state index is 14.3. The molecule has 0 unspecified atom stereocenters. The molecule has 0 spiro atoms. The predicted molar refractivity (Wildman–Crippen MR) is 322 cm³/mol. The molecule has 438 valence electrons. The number of likely N-dealkylation sites (N-methyl/N-ethyl adjacent to an activating group) is 2. The topological polar surface area (TPSA) is 228 Å². The molecule has 0 saturated carbocycles. The van der Waals surface area contributed by atoms with Crippen molar-refractivity contribution in [2.45, 2.75) is 151 Å². The first-order chi connectivity index (χ1) is 38.6. The van der Waals surface area contributed by atoms with Gasteiger partial charge in [0, 0.05) is 65.1 Å². The molecule has 0 radical (unpaired) electrons. The molecule has 17 heteroatoms. The Morgan fingerprint density at radius 2 is 1.37 bits per heavy atom. The maximum absolute atomic E-state index is 14.3. The molecule has 7 N–H and O–H groups in total. The van der Waals surface area contributed by atoms with E-state index < -0.39 is 58.9 Å². The highest BCUT2D eigenvalue weighted by Crippen LogP contribution is 2.33. The van der Waals surface area contributed by atoms with Crippen molar-refractivity contribution in [1.82, 2.24) is 26.2 Å².